The maximum Gasteiger partial charge on any atom is 0.0852 e. The summed E-state index contributed by atoms with van der Waals surface area (Å²) in [6.07, 6.45) is 1.31. The van der Waals surface area contributed by atoms with Crippen LogP contribution in [0, 0.1) is 6.92 Å². The van der Waals surface area contributed by atoms with Gasteiger partial charge in [-0.1, -0.05) is 22.0 Å². The molecule has 1 aromatic rings. The zero-order valence-corrected chi connectivity index (χ0v) is 10.3. The lowest BCUT2D eigenvalue weighted by atomic mass is 9.96. The summed E-state index contributed by atoms with van der Waals surface area (Å²) in [6, 6.07) is 6.18. The molecule has 0 aliphatic carbocycles. The smallest absolute Gasteiger partial charge is 0.0852 e. The summed E-state index contributed by atoms with van der Waals surface area (Å²) in [5.41, 5.74) is 2.40. The highest BCUT2D eigenvalue weighted by atomic mass is 79.9. The molecule has 1 aliphatic heterocycles. The van der Waals surface area contributed by atoms with Gasteiger partial charge in [0.25, 0.3) is 0 Å². The van der Waals surface area contributed by atoms with Crippen LogP contribution in [0.25, 0.3) is 0 Å². The Hall–Kier alpha value is -0.380. The van der Waals surface area contributed by atoms with Gasteiger partial charge >= 0.3 is 0 Å². The van der Waals surface area contributed by atoms with Crippen molar-refractivity contribution in [2.45, 2.75) is 32.0 Å². The Bertz CT molecular complexity index is 351. The average Bonchev–Trinajstić information content (AvgIpc) is 2.17. The second-order valence-electron chi connectivity index (χ2n) is 4.04. The minimum Gasteiger partial charge on any atom is -0.393 e. The van der Waals surface area contributed by atoms with Crippen molar-refractivity contribution in [3.63, 3.8) is 0 Å². The molecule has 0 radical (unpaired) electrons. The maximum absolute atomic E-state index is 9.60. The molecule has 0 spiro atoms. The van der Waals surface area contributed by atoms with E-state index >= 15 is 0 Å². The predicted molar refractivity (Wildman–Crippen MR) is 62.8 cm³/mol. The SMILES string of the molecule is Cc1cc(Br)ccc1C1CC(O)CCO1. The van der Waals surface area contributed by atoms with Gasteiger partial charge in [-0.2, -0.15) is 0 Å². The van der Waals surface area contributed by atoms with Crippen LogP contribution < -0.4 is 0 Å². The quantitative estimate of drug-likeness (QED) is 0.850. The second-order valence-corrected chi connectivity index (χ2v) is 4.95. The van der Waals surface area contributed by atoms with Gasteiger partial charge in [-0.05, 0) is 36.6 Å². The van der Waals surface area contributed by atoms with Crippen molar-refractivity contribution >= 4 is 15.9 Å². The number of aryl methyl sites for hydroxylation is 1. The van der Waals surface area contributed by atoms with E-state index < -0.39 is 0 Å². The lowest BCUT2D eigenvalue weighted by molar-refractivity contribution is -0.0450. The topological polar surface area (TPSA) is 29.5 Å². The average molecular weight is 271 g/mol. The highest BCUT2D eigenvalue weighted by Gasteiger charge is 2.23. The molecule has 2 rings (SSSR count). The normalized spacial score (nSPS) is 26.6. The highest BCUT2D eigenvalue weighted by molar-refractivity contribution is 9.10. The van der Waals surface area contributed by atoms with Gasteiger partial charge in [0, 0.05) is 17.5 Å². The van der Waals surface area contributed by atoms with E-state index in [9.17, 15) is 5.11 Å². The van der Waals surface area contributed by atoms with Crippen LogP contribution in [0.1, 0.15) is 30.1 Å². The Morgan fingerprint density at radius 2 is 2.27 bits per heavy atom. The van der Waals surface area contributed by atoms with Gasteiger partial charge in [-0.3, -0.25) is 0 Å². The van der Waals surface area contributed by atoms with Crippen LogP contribution in [-0.2, 0) is 4.74 Å². The molecule has 1 aliphatic rings. The predicted octanol–water partition coefficient (Wildman–Crippen LogP) is 2.97. The van der Waals surface area contributed by atoms with Crippen molar-refractivity contribution in [3.8, 4) is 0 Å². The molecule has 2 nitrogen and oxygen atoms in total. The Morgan fingerprint density at radius 1 is 1.47 bits per heavy atom. The van der Waals surface area contributed by atoms with Gasteiger partial charge in [-0.15, -0.1) is 0 Å². The van der Waals surface area contributed by atoms with E-state index in [1.54, 1.807) is 0 Å². The second kappa shape index (κ2) is 4.64. The molecule has 0 bridgehead atoms. The molecule has 0 aromatic heterocycles. The molecule has 2 unspecified atom stereocenters. The number of hydrogen-bond donors (Lipinski definition) is 1. The monoisotopic (exact) mass is 270 g/mol. The Morgan fingerprint density at radius 3 is 2.93 bits per heavy atom. The van der Waals surface area contributed by atoms with Crippen LogP contribution in [-0.4, -0.2) is 17.8 Å². The van der Waals surface area contributed by atoms with Gasteiger partial charge in [0.1, 0.15) is 0 Å². The molecule has 2 atom stereocenters. The van der Waals surface area contributed by atoms with Crippen molar-refractivity contribution in [1.29, 1.82) is 0 Å². The fraction of sp³-hybridized carbons (Fsp3) is 0.500. The molecule has 1 fully saturated rings. The zero-order chi connectivity index (χ0) is 10.8. The molecule has 1 aromatic carbocycles. The van der Waals surface area contributed by atoms with E-state index in [0.29, 0.717) is 13.0 Å². The van der Waals surface area contributed by atoms with Crippen LogP contribution in [0.3, 0.4) is 0 Å². The first-order chi connectivity index (χ1) is 7.16. The summed E-state index contributed by atoms with van der Waals surface area (Å²) in [7, 11) is 0. The van der Waals surface area contributed by atoms with Crippen LogP contribution in [0.5, 0.6) is 0 Å². The zero-order valence-electron chi connectivity index (χ0n) is 8.74. The van der Waals surface area contributed by atoms with E-state index in [0.717, 1.165) is 10.9 Å². The Balaban J connectivity index is 2.21. The first-order valence-corrected chi connectivity index (χ1v) is 6.02. The molecule has 1 saturated heterocycles. The third-order valence-electron chi connectivity index (χ3n) is 2.83. The molecule has 1 heterocycles. The largest absolute Gasteiger partial charge is 0.393 e. The molecule has 3 heteroatoms. The third kappa shape index (κ3) is 2.60. The third-order valence-corrected chi connectivity index (χ3v) is 3.33. The number of hydrogen-bond acceptors (Lipinski definition) is 2. The lowest BCUT2D eigenvalue weighted by Gasteiger charge is -2.27. The van der Waals surface area contributed by atoms with Crippen molar-refractivity contribution in [2.75, 3.05) is 6.61 Å². The number of benzene rings is 1. The molecule has 82 valence electrons. The van der Waals surface area contributed by atoms with Gasteiger partial charge in [0.2, 0.25) is 0 Å². The van der Waals surface area contributed by atoms with Gasteiger partial charge in [0.05, 0.1) is 12.2 Å². The Kier molecular flexibility index (Phi) is 3.44. The lowest BCUT2D eigenvalue weighted by Crippen LogP contribution is -2.23. The summed E-state index contributed by atoms with van der Waals surface area (Å²) < 4.78 is 6.76. The number of halogens is 1. The minimum absolute atomic E-state index is 0.0573. The number of aliphatic hydroxyl groups is 1. The summed E-state index contributed by atoms with van der Waals surface area (Å²) in [5.74, 6) is 0. The summed E-state index contributed by atoms with van der Waals surface area (Å²) >= 11 is 3.44. The van der Waals surface area contributed by atoms with Crippen molar-refractivity contribution in [3.05, 3.63) is 33.8 Å². The maximum atomic E-state index is 9.60. The minimum atomic E-state index is -0.216. The summed E-state index contributed by atoms with van der Waals surface area (Å²) in [4.78, 5) is 0. The van der Waals surface area contributed by atoms with Gasteiger partial charge in [0.15, 0.2) is 0 Å². The van der Waals surface area contributed by atoms with E-state index in [4.69, 9.17) is 4.74 Å². The fourth-order valence-electron chi connectivity index (χ4n) is 2.00. The first kappa shape index (κ1) is 11.1. The standard InChI is InChI=1S/C12H15BrO2/c1-8-6-9(13)2-3-11(8)12-7-10(14)4-5-15-12/h2-3,6,10,12,14H,4-5,7H2,1H3. The summed E-state index contributed by atoms with van der Waals surface area (Å²) in [6.45, 7) is 2.73. The highest BCUT2D eigenvalue weighted by Crippen LogP contribution is 2.31. The fourth-order valence-corrected chi connectivity index (χ4v) is 2.47. The van der Waals surface area contributed by atoms with E-state index in [1.807, 2.05) is 6.07 Å². The van der Waals surface area contributed by atoms with Crippen LogP contribution in [0.4, 0.5) is 0 Å². The van der Waals surface area contributed by atoms with Crippen LogP contribution in [0.2, 0.25) is 0 Å². The molecule has 1 N–H and O–H groups in total. The molecular weight excluding hydrogens is 256 g/mol. The van der Waals surface area contributed by atoms with E-state index in [1.165, 1.54) is 11.1 Å². The van der Waals surface area contributed by atoms with Crippen molar-refractivity contribution in [1.82, 2.24) is 0 Å². The van der Waals surface area contributed by atoms with Gasteiger partial charge < -0.3 is 9.84 Å². The molecule has 0 saturated carbocycles. The number of rotatable bonds is 1. The Labute approximate surface area is 98.4 Å². The number of ether oxygens (including phenoxy) is 1. The van der Waals surface area contributed by atoms with Crippen LogP contribution in [0.15, 0.2) is 22.7 Å². The summed E-state index contributed by atoms with van der Waals surface area (Å²) in [5, 5.41) is 9.60. The van der Waals surface area contributed by atoms with Crippen LogP contribution >= 0.6 is 15.9 Å². The van der Waals surface area contributed by atoms with E-state index in [2.05, 4.69) is 35.0 Å². The van der Waals surface area contributed by atoms with Crippen molar-refractivity contribution < 1.29 is 9.84 Å². The van der Waals surface area contributed by atoms with Crippen molar-refractivity contribution in [2.24, 2.45) is 0 Å². The molecule has 0 amide bonds. The molecule has 15 heavy (non-hydrogen) atoms. The number of aliphatic hydroxyl groups excluding tert-OH is 1. The first-order valence-electron chi connectivity index (χ1n) is 5.22. The van der Waals surface area contributed by atoms with E-state index in [-0.39, 0.29) is 12.2 Å². The van der Waals surface area contributed by atoms with Gasteiger partial charge in [-0.25, -0.2) is 0 Å². The molecular formula is C12H15BrO2.